The molecule has 0 bridgehead atoms. The van der Waals surface area contributed by atoms with Gasteiger partial charge < -0.3 is 4.42 Å². The largest absolute Gasteiger partial charge is 0.456 e. The molecule has 3 aromatic heterocycles. The maximum atomic E-state index is 6.41. The maximum Gasteiger partial charge on any atom is 0.136 e. The first-order valence-electron chi connectivity index (χ1n) is 18.8. The monoisotopic (exact) mass is 746 g/mol. The Hall–Kier alpha value is -7.38. The predicted octanol–water partition coefficient (Wildman–Crippen LogP) is 10.7. The summed E-state index contributed by atoms with van der Waals surface area (Å²) in [5, 5.41) is 2.04. The van der Waals surface area contributed by atoms with E-state index in [1.54, 1.807) is 17.5 Å². The van der Waals surface area contributed by atoms with Crippen LogP contribution in [-0.4, -0.2) is 17.7 Å². The van der Waals surface area contributed by atoms with Gasteiger partial charge in [0.15, 0.2) is 0 Å². The fourth-order valence-electron chi connectivity index (χ4n) is 7.20. The van der Waals surface area contributed by atoms with Gasteiger partial charge in [-0.3, -0.25) is 9.98 Å². The summed E-state index contributed by atoms with van der Waals surface area (Å²) in [6.45, 7) is 0.523. The van der Waals surface area contributed by atoms with E-state index in [9.17, 15) is 0 Å². The lowest BCUT2D eigenvalue weighted by Crippen LogP contribution is -2.19. The second-order valence-electron chi connectivity index (χ2n) is 13.7. The second-order valence-corrected chi connectivity index (χ2v) is 14.8. The van der Waals surface area contributed by atoms with Crippen LogP contribution in [0.2, 0.25) is 0 Å². The van der Waals surface area contributed by atoms with Crippen LogP contribution in [0.15, 0.2) is 164 Å². The highest BCUT2D eigenvalue weighted by atomic mass is 32.1. The van der Waals surface area contributed by atoms with Crippen molar-refractivity contribution >= 4 is 76.1 Å². The van der Waals surface area contributed by atoms with Gasteiger partial charge in [0.2, 0.25) is 0 Å². The second kappa shape index (κ2) is 16.2. The number of aromatic nitrogens is 1. The summed E-state index contributed by atoms with van der Waals surface area (Å²) in [5.41, 5.74) is 24.1. The third-order valence-electron chi connectivity index (χ3n) is 10.0. The van der Waals surface area contributed by atoms with Crippen LogP contribution in [-0.2, 0) is 0 Å². The number of pyridine rings is 1. The molecule has 4 aromatic rings. The van der Waals surface area contributed by atoms with E-state index in [2.05, 4.69) is 142 Å². The van der Waals surface area contributed by atoms with Gasteiger partial charge in [-0.25, -0.2) is 0 Å². The molecule has 0 radical (unpaired) electrons. The van der Waals surface area contributed by atoms with E-state index in [0.29, 0.717) is 19.4 Å². The molecule has 0 atom stereocenters. The Kier molecular flexibility index (Phi) is 10.0. The third-order valence-corrected chi connectivity index (χ3v) is 11.2. The minimum atomic E-state index is 0.523. The van der Waals surface area contributed by atoms with Crippen molar-refractivity contribution in [1.29, 1.82) is 0 Å². The quantitative estimate of drug-likeness (QED) is 0.102. The molecule has 0 saturated heterocycles. The number of fused-ring (bicyclic) bond motifs is 6. The molecule has 9 rings (SSSR count). The van der Waals surface area contributed by atoms with E-state index < -0.39 is 0 Å². The average molecular weight is 747 g/mol. The number of hydrogen-bond donors (Lipinski definition) is 0. The number of thiophene rings is 1. The first-order chi connectivity index (χ1) is 28.2. The number of aliphatic imine (C=N–C) groups is 1. The molecule has 268 valence electrons. The average Bonchev–Trinajstić information content (AvgIpc) is 3.59. The highest BCUT2D eigenvalue weighted by Gasteiger charge is 2.19. The van der Waals surface area contributed by atoms with Gasteiger partial charge in [0.1, 0.15) is 17.5 Å². The minimum Gasteiger partial charge on any atom is -0.456 e. The Morgan fingerprint density at radius 2 is 1.91 bits per heavy atom. The van der Waals surface area contributed by atoms with Crippen molar-refractivity contribution in [2.75, 3.05) is 6.54 Å². The molecule has 0 spiro atoms. The number of rotatable bonds is 8. The zero-order chi connectivity index (χ0) is 38.4. The summed E-state index contributed by atoms with van der Waals surface area (Å²) in [5.74, 6) is 8.83. The molecule has 4 aliphatic carbocycles. The normalized spacial score (nSPS) is 16.4. The molecule has 0 fully saturated rings. The number of nitrogens with zero attached hydrogens (tertiary/aromatic N) is 2. The first kappa shape index (κ1) is 35.3. The smallest absolute Gasteiger partial charge is 0.136 e. The summed E-state index contributed by atoms with van der Waals surface area (Å²) in [6, 6.07) is 10.4. The van der Waals surface area contributed by atoms with Crippen molar-refractivity contribution in [3.8, 4) is 24.2 Å². The summed E-state index contributed by atoms with van der Waals surface area (Å²) in [6.07, 6.45) is 49.4. The molecule has 1 aromatic carbocycles. The number of benzene rings is 1. The van der Waals surface area contributed by atoms with E-state index in [1.165, 1.54) is 26.5 Å². The molecular weight excluding hydrogens is 713 g/mol. The number of terminal acetylenes is 1. The lowest BCUT2D eigenvalue weighted by Gasteiger charge is -2.08. The SMILES string of the molecule is C#CC/C=C\C(=C/CC1=CC#CCN=C1)c1ccc2oc3c(c2c1)=CC(C1=Cc2c(sc4c2C=C(C2=CC(c5cccnc5)=CC=C=C2)CC=C4)C=C=C1)=C=CC=3. The van der Waals surface area contributed by atoms with E-state index in [1.807, 2.05) is 48.9 Å². The Labute approximate surface area is 336 Å². The highest BCUT2D eigenvalue weighted by molar-refractivity contribution is 7.14. The number of hydrogen-bond acceptors (Lipinski definition) is 4. The van der Waals surface area contributed by atoms with Gasteiger partial charge in [-0.05, 0) is 149 Å². The van der Waals surface area contributed by atoms with Gasteiger partial charge in [-0.2, -0.15) is 0 Å². The van der Waals surface area contributed by atoms with Gasteiger partial charge in [-0.1, -0.05) is 48.3 Å². The Bertz CT molecular complexity index is 3110. The van der Waals surface area contributed by atoms with Gasteiger partial charge in [-0.15, -0.1) is 40.9 Å². The van der Waals surface area contributed by atoms with Crippen LogP contribution in [0.5, 0.6) is 0 Å². The number of furan rings is 1. The van der Waals surface area contributed by atoms with E-state index >= 15 is 0 Å². The fraction of sp³-hybridized carbons (Fsp3) is 0.0755. The molecule has 57 heavy (non-hydrogen) atoms. The van der Waals surface area contributed by atoms with Crippen LogP contribution >= 0.6 is 11.3 Å². The van der Waals surface area contributed by atoms with Gasteiger partial charge in [0, 0.05) is 67.7 Å². The van der Waals surface area contributed by atoms with Gasteiger partial charge in [0.05, 0.1) is 0 Å². The molecule has 0 saturated carbocycles. The van der Waals surface area contributed by atoms with E-state index in [-0.39, 0.29) is 0 Å². The van der Waals surface area contributed by atoms with Crippen LogP contribution in [0.4, 0.5) is 0 Å². The highest BCUT2D eigenvalue weighted by Crippen LogP contribution is 2.40. The zero-order valence-electron chi connectivity index (χ0n) is 31.1. The minimum absolute atomic E-state index is 0.523. The van der Waals surface area contributed by atoms with Crippen molar-refractivity contribution in [1.82, 2.24) is 4.98 Å². The zero-order valence-corrected chi connectivity index (χ0v) is 31.9. The lowest BCUT2D eigenvalue weighted by atomic mass is 9.95. The van der Waals surface area contributed by atoms with E-state index in [0.717, 1.165) is 72.6 Å². The summed E-state index contributed by atoms with van der Waals surface area (Å²) >= 11 is 1.79. The Morgan fingerprint density at radius 1 is 0.965 bits per heavy atom. The van der Waals surface area contributed by atoms with Crippen LogP contribution in [0, 0.1) is 24.2 Å². The van der Waals surface area contributed by atoms with Crippen molar-refractivity contribution in [2.24, 2.45) is 4.99 Å². The van der Waals surface area contributed by atoms with Crippen molar-refractivity contribution in [2.45, 2.75) is 19.3 Å². The van der Waals surface area contributed by atoms with Crippen LogP contribution < -0.4 is 10.6 Å². The first-order valence-corrected chi connectivity index (χ1v) is 19.6. The lowest BCUT2D eigenvalue weighted by molar-refractivity contribution is 0.576. The van der Waals surface area contributed by atoms with Crippen molar-refractivity contribution in [3.05, 3.63) is 197 Å². The molecule has 0 amide bonds. The Balaban J connectivity index is 1.10. The molecule has 5 aliphatic rings. The molecule has 1 aliphatic heterocycles. The molecule has 0 N–H and O–H groups in total. The van der Waals surface area contributed by atoms with E-state index in [4.69, 9.17) is 10.8 Å². The fourth-order valence-corrected chi connectivity index (χ4v) is 8.29. The summed E-state index contributed by atoms with van der Waals surface area (Å²) in [7, 11) is 0. The molecule has 4 heteroatoms. The standard InChI is InChI=1S/C53H34N2OS/c1-2-3-4-14-38(25-24-37-13-7-8-28-54-35-37)44-26-27-51-47(32-44)46-31-41(17-9-21-50(46)56-51)43-19-11-23-53-49(34-43)48-33-42(18-10-22-52(48)57-53)39-15-5-6-16-40(30-39)45-20-12-29-55-36-45/h1,4,6,9-10,12-16,19-23,25-27,29-36H,3,18,24,28H2/b14-4-,38-25+. The van der Waals surface area contributed by atoms with Crippen molar-refractivity contribution < 1.29 is 4.42 Å². The maximum absolute atomic E-state index is 6.41. The van der Waals surface area contributed by atoms with Crippen LogP contribution in [0.25, 0.3) is 58.6 Å². The third kappa shape index (κ3) is 7.64. The molecule has 4 heterocycles. The summed E-state index contributed by atoms with van der Waals surface area (Å²) < 4.78 is 6.41. The van der Waals surface area contributed by atoms with Crippen LogP contribution in [0.1, 0.15) is 51.3 Å². The van der Waals surface area contributed by atoms with Crippen molar-refractivity contribution in [3.63, 3.8) is 0 Å². The van der Waals surface area contributed by atoms with Gasteiger partial charge >= 0.3 is 0 Å². The molecule has 0 unspecified atom stereocenters. The predicted molar refractivity (Wildman–Crippen MR) is 240 cm³/mol. The van der Waals surface area contributed by atoms with Gasteiger partial charge in [0.25, 0.3) is 0 Å². The number of allylic oxidation sites excluding steroid dienone is 16. The molecule has 3 nitrogen and oxygen atoms in total. The Morgan fingerprint density at radius 3 is 2.84 bits per heavy atom. The topological polar surface area (TPSA) is 38.4 Å². The summed E-state index contributed by atoms with van der Waals surface area (Å²) in [4.78, 5) is 11.1. The van der Waals surface area contributed by atoms with Crippen LogP contribution in [0.3, 0.4) is 0 Å². The molecular formula is C53H34N2OS.